The van der Waals surface area contributed by atoms with Crippen LogP contribution in [-0.2, 0) is 4.70 Å². The number of aromatic nitrogens is 5. The second-order valence-corrected chi connectivity index (χ2v) is 14.8. The molecule has 9 nitrogen and oxygen atoms in total. The first-order valence-electron chi connectivity index (χ1n) is 15.4. The number of nitrogens with zero attached hydrogens (tertiary/aromatic N) is 4. The molecule has 0 spiro atoms. The third-order valence-electron chi connectivity index (χ3n) is 7.84. The molecule has 47 heavy (non-hydrogen) atoms. The van der Waals surface area contributed by atoms with Gasteiger partial charge in [0.05, 0.1) is 21.0 Å². The number of thiocarbonyl (C=S) groups is 1. The molecule has 1 aliphatic heterocycles. The molecule has 0 aromatic carbocycles. The summed E-state index contributed by atoms with van der Waals surface area (Å²) in [5, 5.41) is 10.00. The maximum atomic E-state index is 11.5. The Hall–Kier alpha value is -2.17. The molecule has 1 saturated heterocycles. The summed E-state index contributed by atoms with van der Waals surface area (Å²) in [6.07, 6.45) is 16.0. The van der Waals surface area contributed by atoms with Gasteiger partial charge < -0.3 is 21.0 Å². The van der Waals surface area contributed by atoms with E-state index in [9.17, 15) is 4.79 Å². The van der Waals surface area contributed by atoms with Crippen LogP contribution in [0.15, 0.2) is 51.2 Å². The van der Waals surface area contributed by atoms with E-state index in [-0.39, 0.29) is 5.78 Å². The second kappa shape index (κ2) is 19.1. The minimum Gasteiger partial charge on any atom is -0.662 e. The Balaban J connectivity index is 0.000000166. The Labute approximate surface area is 309 Å². The van der Waals surface area contributed by atoms with Gasteiger partial charge in [-0.2, -0.15) is 0 Å². The fourth-order valence-corrected chi connectivity index (χ4v) is 7.65. The number of nitrogens with one attached hydrogen (secondary N) is 2. The number of alkyl halides is 1. The zero-order valence-electron chi connectivity index (χ0n) is 26.0. The zero-order chi connectivity index (χ0) is 33.8. The average molecular weight is 865 g/mol. The van der Waals surface area contributed by atoms with Crippen LogP contribution >= 0.6 is 71.3 Å². The van der Waals surface area contributed by atoms with Gasteiger partial charge in [0.15, 0.2) is 5.78 Å². The summed E-state index contributed by atoms with van der Waals surface area (Å²) in [6.45, 7) is 3.34. The number of carbonyl (C=O) groups excluding carboxylic acids is 1. The molecule has 2 aliphatic rings. The molecule has 0 amide bonds. The van der Waals surface area contributed by atoms with Crippen LogP contribution in [0.25, 0.3) is 38.6 Å². The number of aromatic amines is 2. The fraction of sp³-hybridized carbons (Fsp3) is 0.406. The van der Waals surface area contributed by atoms with E-state index in [0.29, 0.717) is 27.7 Å². The smallest absolute Gasteiger partial charge is 0.175 e. The molecular weight excluding hydrogens is 829 g/mol. The van der Waals surface area contributed by atoms with Crippen LogP contribution in [0.1, 0.15) is 66.2 Å². The van der Waals surface area contributed by atoms with Crippen molar-refractivity contribution < 1.29 is 9.50 Å². The van der Waals surface area contributed by atoms with Gasteiger partial charge in [-0.05, 0) is 56.8 Å². The monoisotopic (exact) mass is 862 g/mol. The van der Waals surface area contributed by atoms with Crippen LogP contribution in [0.2, 0.25) is 6.82 Å². The van der Waals surface area contributed by atoms with Crippen LogP contribution in [0.3, 0.4) is 0 Å². The number of nitrogens with two attached hydrogens (primary N) is 1. The van der Waals surface area contributed by atoms with Crippen LogP contribution in [-0.4, -0.2) is 61.3 Å². The Morgan fingerprint density at radius 2 is 1.62 bits per heavy atom. The van der Waals surface area contributed by atoms with Crippen molar-refractivity contribution in [1.29, 1.82) is 0 Å². The number of ketones is 1. The molecule has 5 aromatic rings. The van der Waals surface area contributed by atoms with Gasteiger partial charge in [0.25, 0.3) is 0 Å². The Kier molecular flexibility index (Phi) is 15.3. The quantitative estimate of drug-likeness (QED) is 0.0691. The molecule has 0 radical (unpaired) electrons. The number of piperidine rings is 1. The summed E-state index contributed by atoms with van der Waals surface area (Å²) >= 11 is 16.6. The maximum absolute atomic E-state index is 11.5. The molecule has 4 N–H and O–H groups in total. The van der Waals surface area contributed by atoms with E-state index in [2.05, 4.69) is 84.5 Å². The SMILES string of the molecule is Brc1cnc2[nH]cc(-c3csc(C4CCCCC4)n3)c2c1.CB=O.NC(=S)C1CC[N-]CC1.O=C(CBr)c1c[nH]c2ncc(Br)cc12. The number of thiazole rings is 1. The number of halogens is 3. The molecule has 1 aliphatic carbocycles. The molecule has 0 atom stereocenters. The van der Waals surface area contributed by atoms with Gasteiger partial charge in [-0.15, -0.1) is 24.4 Å². The number of hydrogen-bond acceptors (Lipinski definition) is 7. The summed E-state index contributed by atoms with van der Waals surface area (Å²) in [5.74, 6) is 1.20. The molecule has 0 unspecified atom stereocenters. The van der Waals surface area contributed by atoms with Crippen molar-refractivity contribution >= 4 is 111 Å². The van der Waals surface area contributed by atoms with Crippen molar-refractivity contribution in [1.82, 2.24) is 24.9 Å². The predicted molar refractivity (Wildman–Crippen MR) is 208 cm³/mol. The van der Waals surface area contributed by atoms with Crippen LogP contribution in [0, 0.1) is 5.92 Å². The Bertz CT molecular complexity index is 1780. The molecule has 0 bridgehead atoms. The number of hydrogen-bond donors (Lipinski definition) is 3. The van der Waals surface area contributed by atoms with Gasteiger partial charge in [0, 0.05) is 72.8 Å². The van der Waals surface area contributed by atoms with Crippen molar-refractivity contribution in [3.63, 3.8) is 0 Å². The molecule has 6 heterocycles. The summed E-state index contributed by atoms with van der Waals surface area (Å²) in [5.41, 5.74) is 10.0. The number of pyridine rings is 2. The van der Waals surface area contributed by atoms with Gasteiger partial charge in [0.2, 0.25) is 0 Å². The zero-order valence-corrected chi connectivity index (χ0v) is 32.4. The van der Waals surface area contributed by atoms with Crippen LogP contribution in [0.4, 0.5) is 0 Å². The van der Waals surface area contributed by atoms with Crippen LogP contribution < -0.4 is 5.73 Å². The molecule has 248 valence electrons. The minimum atomic E-state index is 0.0520. The van der Waals surface area contributed by atoms with Crippen molar-refractivity contribution in [2.45, 2.75) is 57.7 Å². The van der Waals surface area contributed by atoms with Crippen molar-refractivity contribution in [2.24, 2.45) is 11.7 Å². The average Bonchev–Trinajstić information content (AvgIpc) is 3.85. The van der Waals surface area contributed by atoms with E-state index in [4.69, 9.17) is 27.6 Å². The number of H-pyrrole nitrogens is 2. The van der Waals surface area contributed by atoms with E-state index < -0.39 is 0 Å². The summed E-state index contributed by atoms with van der Waals surface area (Å²) in [4.78, 5) is 31.8. The predicted octanol–water partition coefficient (Wildman–Crippen LogP) is 9.54. The molecule has 1 saturated carbocycles. The number of fused-ring (bicyclic) bond motifs is 2. The number of rotatable bonds is 5. The normalized spacial score (nSPS) is 15.0. The number of carbonyl (C=O) groups is 1. The summed E-state index contributed by atoms with van der Waals surface area (Å²) in [6, 6.07) is 3.99. The molecule has 2 fully saturated rings. The molecular formula is C32H36BBr3N7O2S2-. The van der Waals surface area contributed by atoms with Gasteiger partial charge >= 0.3 is 18.7 Å². The first-order valence-corrected chi connectivity index (χ1v) is 19.4. The van der Waals surface area contributed by atoms with Gasteiger partial charge in [-0.3, -0.25) is 4.79 Å². The first-order chi connectivity index (χ1) is 22.7. The van der Waals surface area contributed by atoms with Gasteiger partial charge in [-0.25, -0.2) is 15.0 Å². The molecule has 15 heteroatoms. The topological polar surface area (TPSA) is 145 Å². The Morgan fingerprint density at radius 1 is 1.02 bits per heavy atom. The minimum absolute atomic E-state index is 0.0520. The maximum Gasteiger partial charge on any atom is 0.175 e. The van der Waals surface area contributed by atoms with E-state index in [1.807, 2.05) is 29.8 Å². The third-order valence-corrected chi connectivity index (χ3v) is 10.6. The van der Waals surface area contributed by atoms with E-state index in [0.717, 1.165) is 75.4 Å². The largest absolute Gasteiger partial charge is 0.662 e. The van der Waals surface area contributed by atoms with Crippen molar-refractivity contribution in [3.8, 4) is 11.3 Å². The van der Waals surface area contributed by atoms with Crippen LogP contribution in [0.5, 0.6) is 0 Å². The van der Waals surface area contributed by atoms with Gasteiger partial charge in [-0.1, -0.05) is 60.3 Å². The van der Waals surface area contributed by atoms with Crippen molar-refractivity contribution in [2.75, 3.05) is 18.4 Å². The number of Topliss-reactive ketones (excluding diaryl/α,β-unsaturated/α-hetero) is 1. The van der Waals surface area contributed by atoms with Gasteiger partial charge in [0.1, 0.15) is 11.3 Å². The second-order valence-electron chi connectivity index (χ2n) is 11.0. The summed E-state index contributed by atoms with van der Waals surface area (Å²) in [7, 11) is 0.750. The van der Waals surface area contributed by atoms with E-state index >= 15 is 0 Å². The third kappa shape index (κ3) is 10.7. The first kappa shape index (κ1) is 37.7. The fourth-order valence-electron chi connectivity index (χ4n) is 5.45. The molecule has 7 rings (SSSR count). The standard InChI is InChI=1S/C16H16BrN3S.C9H6Br2N2O.C6H11N2S.CH3BO/c17-11-6-12-13(8-19-15(12)18-7-11)14-9-21-16(20-14)10-4-2-1-3-5-10;10-2-8(14)7-4-13-9-6(7)1-5(11)3-12-9;7-6(9)5-1-3-8-4-2-5;1-2-3/h6-10H,1-5H2,(H,18,19);1,3-4H,2H2,(H,12,13);5H,1-4H2,(H2,7,9);1H3/q;;-1;. The summed E-state index contributed by atoms with van der Waals surface area (Å²) < 4.78 is 10.7. The molecule has 5 aromatic heterocycles. The van der Waals surface area contributed by atoms with E-state index in [1.54, 1.807) is 12.4 Å². The van der Waals surface area contributed by atoms with E-state index in [1.165, 1.54) is 43.9 Å². The Morgan fingerprint density at radius 3 is 2.21 bits per heavy atom. The van der Waals surface area contributed by atoms with Crippen molar-refractivity contribution in [3.05, 3.63) is 67.1 Å².